The lowest BCUT2D eigenvalue weighted by Crippen LogP contribution is -2.05. The summed E-state index contributed by atoms with van der Waals surface area (Å²) in [4.78, 5) is 0. The summed E-state index contributed by atoms with van der Waals surface area (Å²) in [5, 5.41) is 10.5. The van der Waals surface area contributed by atoms with E-state index in [1.54, 1.807) is 0 Å². The molecule has 19 heavy (non-hydrogen) atoms. The van der Waals surface area contributed by atoms with Crippen molar-refractivity contribution in [2.24, 2.45) is 17.8 Å². The molecular weight excluding hydrogens is 304 g/mol. The highest BCUT2D eigenvalue weighted by Crippen LogP contribution is 2.62. The summed E-state index contributed by atoms with van der Waals surface area (Å²) in [7, 11) is 0. The number of aliphatic hydroxyl groups excluding tert-OH is 1. The second kappa shape index (κ2) is 5.45. The van der Waals surface area contributed by atoms with Crippen molar-refractivity contribution in [1.82, 2.24) is 0 Å². The fourth-order valence-corrected chi connectivity index (χ4v) is 4.11. The predicted molar refractivity (Wildman–Crippen MR) is 79.2 cm³/mol. The molecule has 1 N–H and O–H groups in total. The molecule has 2 fully saturated rings. The number of benzene rings is 1. The smallest absolute Gasteiger partial charge is 0.133 e. The standard InChI is InChI=1S/C16H21BrO2/c1-2-8-19-14-7-6-10(9-13(14)17)16(18)15-11-4-3-5-12(11)15/h6-7,9,11-12,15-16,18H,2-5,8H2,1H3. The van der Waals surface area contributed by atoms with Crippen LogP contribution in [0, 0.1) is 17.8 Å². The zero-order valence-electron chi connectivity index (χ0n) is 11.3. The molecule has 3 unspecified atom stereocenters. The highest BCUT2D eigenvalue weighted by atomic mass is 79.9. The van der Waals surface area contributed by atoms with E-state index in [0.717, 1.165) is 40.6 Å². The Kier molecular flexibility index (Phi) is 3.86. The van der Waals surface area contributed by atoms with Crippen molar-refractivity contribution >= 4 is 15.9 Å². The van der Waals surface area contributed by atoms with E-state index in [2.05, 4.69) is 22.9 Å². The van der Waals surface area contributed by atoms with Gasteiger partial charge in [-0.2, -0.15) is 0 Å². The maximum absolute atomic E-state index is 10.5. The first kappa shape index (κ1) is 13.4. The minimum atomic E-state index is -0.299. The van der Waals surface area contributed by atoms with E-state index in [4.69, 9.17) is 4.74 Å². The number of fused-ring (bicyclic) bond motifs is 1. The third-order valence-electron chi connectivity index (χ3n) is 4.60. The summed E-state index contributed by atoms with van der Waals surface area (Å²) in [5.74, 6) is 2.94. The van der Waals surface area contributed by atoms with Gasteiger partial charge in [0.1, 0.15) is 5.75 Å². The average molecular weight is 325 g/mol. The summed E-state index contributed by atoms with van der Waals surface area (Å²) in [6, 6.07) is 5.99. The van der Waals surface area contributed by atoms with Gasteiger partial charge in [0, 0.05) is 0 Å². The van der Waals surface area contributed by atoms with E-state index in [1.807, 2.05) is 18.2 Å². The van der Waals surface area contributed by atoms with Crippen LogP contribution in [0.5, 0.6) is 5.75 Å². The van der Waals surface area contributed by atoms with Gasteiger partial charge in [-0.15, -0.1) is 0 Å². The highest BCUT2D eigenvalue weighted by molar-refractivity contribution is 9.10. The maximum Gasteiger partial charge on any atom is 0.133 e. The van der Waals surface area contributed by atoms with Gasteiger partial charge >= 0.3 is 0 Å². The Balaban J connectivity index is 1.69. The van der Waals surface area contributed by atoms with Crippen molar-refractivity contribution in [2.75, 3.05) is 6.61 Å². The summed E-state index contributed by atoms with van der Waals surface area (Å²) in [6.45, 7) is 2.82. The fourth-order valence-electron chi connectivity index (χ4n) is 3.60. The summed E-state index contributed by atoms with van der Waals surface area (Å²) in [5.41, 5.74) is 1.02. The van der Waals surface area contributed by atoms with Crippen LogP contribution in [-0.2, 0) is 0 Å². The van der Waals surface area contributed by atoms with E-state index in [0.29, 0.717) is 5.92 Å². The van der Waals surface area contributed by atoms with Crippen LogP contribution in [0.25, 0.3) is 0 Å². The third-order valence-corrected chi connectivity index (χ3v) is 5.22. The SMILES string of the molecule is CCCOc1ccc(C(O)C2C3CCCC32)cc1Br. The third kappa shape index (κ3) is 2.55. The van der Waals surface area contributed by atoms with Crippen molar-refractivity contribution in [3.63, 3.8) is 0 Å². The summed E-state index contributed by atoms with van der Waals surface area (Å²) in [6.07, 6.45) is 4.68. The topological polar surface area (TPSA) is 29.5 Å². The minimum Gasteiger partial charge on any atom is -0.492 e. The van der Waals surface area contributed by atoms with E-state index >= 15 is 0 Å². The Morgan fingerprint density at radius 1 is 1.37 bits per heavy atom. The first-order valence-corrected chi connectivity index (χ1v) is 8.12. The Bertz CT molecular complexity index is 450. The maximum atomic E-state index is 10.5. The molecule has 0 saturated heterocycles. The van der Waals surface area contributed by atoms with E-state index < -0.39 is 0 Å². The predicted octanol–water partition coefficient (Wildman–Crippen LogP) is 4.32. The fraction of sp³-hybridized carbons (Fsp3) is 0.625. The van der Waals surface area contributed by atoms with Crippen molar-refractivity contribution in [3.8, 4) is 5.75 Å². The van der Waals surface area contributed by atoms with Crippen LogP contribution >= 0.6 is 15.9 Å². The molecule has 0 amide bonds. The minimum absolute atomic E-state index is 0.299. The first-order chi connectivity index (χ1) is 9.22. The van der Waals surface area contributed by atoms with Gasteiger partial charge in [-0.1, -0.05) is 19.4 Å². The van der Waals surface area contributed by atoms with Gasteiger partial charge < -0.3 is 9.84 Å². The second-order valence-corrected chi connectivity index (χ2v) is 6.67. The molecule has 0 heterocycles. The molecule has 3 atom stereocenters. The van der Waals surface area contributed by atoms with Crippen LogP contribution in [0.1, 0.15) is 44.3 Å². The second-order valence-electron chi connectivity index (χ2n) is 5.82. The number of aliphatic hydroxyl groups is 1. The molecule has 2 nitrogen and oxygen atoms in total. The zero-order chi connectivity index (χ0) is 13.4. The zero-order valence-corrected chi connectivity index (χ0v) is 12.9. The van der Waals surface area contributed by atoms with Crippen LogP contribution in [0.3, 0.4) is 0 Å². The molecule has 2 aliphatic carbocycles. The van der Waals surface area contributed by atoms with Gasteiger partial charge in [0.05, 0.1) is 17.2 Å². The number of halogens is 1. The van der Waals surface area contributed by atoms with Crippen LogP contribution in [0.4, 0.5) is 0 Å². The lowest BCUT2D eigenvalue weighted by molar-refractivity contribution is 0.137. The summed E-state index contributed by atoms with van der Waals surface area (Å²) < 4.78 is 6.59. The van der Waals surface area contributed by atoms with Gasteiger partial charge in [-0.25, -0.2) is 0 Å². The Morgan fingerprint density at radius 3 is 2.74 bits per heavy atom. The molecule has 1 aromatic carbocycles. The largest absolute Gasteiger partial charge is 0.492 e. The number of hydrogen-bond donors (Lipinski definition) is 1. The number of rotatable bonds is 5. The van der Waals surface area contributed by atoms with Gasteiger partial charge in [0.15, 0.2) is 0 Å². The molecule has 0 aromatic heterocycles. The average Bonchev–Trinajstić information content (AvgIpc) is 2.89. The molecule has 0 spiro atoms. The quantitative estimate of drug-likeness (QED) is 0.874. The molecule has 0 radical (unpaired) electrons. The van der Waals surface area contributed by atoms with Crippen molar-refractivity contribution in [1.29, 1.82) is 0 Å². The van der Waals surface area contributed by atoms with Crippen molar-refractivity contribution < 1.29 is 9.84 Å². The van der Waals surface area contributed by atoms with E-state index in [-0.39, 0.29) is 6.10 Å². The number of ether oxygens (including phenoxy) is 1. The normalized spacial score (nSPS) is 29.9. The van der Waals surface area contributed by atoms with Gasteiger partial charge in [-0.3, -0.25) is 0 Å². The molecular formula is C16H21BrO2. The Morgan fingerprint density at radius 2 is 2.11 bits per heavy atom. The molecule has 0 aliphatic heterocycles. The molecule has 3 heteroatoms. The van der Waals surface area contributed by atoms with Crippen LogP contribution in [0.2, 0.25) is 0 Å². The van der Waals surface area contributed by atoms with Gasteiger partial charge in [0.25, 0.3) is 0 Å². The molecule has 1 aromatic rings. The highest BCUT2D eigenvalue weighted by Gasteiger charge is 2.55. The molecule has 2 aliphatic rings. The van der Waals surface area contributed by atoms with Crippen LogP contribution in [-0.4, -0.2) is 11.7 Å². The monoisotopic (exact) mass is 324 g/mol. The van der Waals surface area contributed by atoms with Gasteiger partial charge in [0.2, 0.25) is 0 Å². The van der Waals surface area contributed by atoms with E-state index in [9.17, 15) is 5.11 Å². The summed E-state index contributed by atoms with van der Waals surface area (Å²) >= 11 is 3.54. The molecule has 0 bridgehead atoms. The molecule has 2 saturated carbocycles. The van der Waals surface area contributed by atoms with E-state index in [1.165, 1.54) is 19.3 Å². The first-order valence-electron chi connectivity index (χ1n) is 7.32. The van der Waals surface area contributed by atoms with Crippen LogP contribution < -0.4 is 4.74 Å². The molecule has 104 valence electrons. The van der Waals surface area contributed by atoms with Gasteiger partial charge in [-0.05, 0) is 70.6 Å². The Hall–Kier alpha value is -0.540. The van der Waals surface area contributed by atoms with Crippen LogP contribution in [0.15, 0.2) is 22.7 Å². The lowest BCUT2D eigenvalue weighted by atomic mass is 9.99. The molecule has 3 rings (SSSR count). The lowest BCUT2D eigenvalue weighted by Gasteiger charge is -2.15. The van der Waals surface area contributed by atoms with Crippen molar-refractivity contribution in [2.45, 2.75) is 38.7 Å². The number of hydrogen-bond acceptors (Lipinski definition) is 2. The van der Waals surface area contributed by atoms with Crippen molar-refractivity contribution in [3.05, 3.63) is 28.2 Å². The Labute approximate surface area is 123 Å².